The molecule has 0 unspecified atom stereocenters. The van der Waals surface area contributed by atoms with E-state index in [-0.39, 0.29) is 5.76 Å². The van der Waals surface area contributed by atoms with Gasteiger partial charge in [0.15, 0.2) is 5.76 Å². The topological polar surface area (TPSA) is 83.5 Å². The molecule has 108 valence electrons. The van der Waals surface area contributed by atoms with Crippen molar-refractivity contribution in [3.05, 3.63) is 35.6 Å². The SMILES string of the molecule is CNCCN(C)Cc1c(C(=O)NN)oc2ccccc12. The average Bonchev–Trinajstić information content (AvgIpc) is 2.83. The number of para-hydroxylation sites is 1. The van der Waals surface area contributed by atoms with Crippen LogP contribution in [0.4, 0.5) is 0 Å². The van der Waals surface area contributed by atoms with Crippen molar-refractivity contribution in [2.24, 2.45) is 5.84 Å². The number of hydrogen-bond donors (Lipinski definition) is 3. The number of nitrogens with two attached hydrogens (primary N) is 1. The molecule has 1 amide bonds. The van der Waals surface area contributed by atoms with E-state index in [4.69, 9.17) is 10.3 Å². The van der Waals surface area contributed by atoms with Gasteiger partial charge in [-0.25, -0.2) is 5.84 Å². The molecule has 6 nitrogen and oxygen atoms in total. The Morgan fingerprint density at radius 1 is 1.40 bits per heavy atom. The summed E-state index contributed by atoms with van der Waals surface area (Å²) in [4.78, 5) is 14.0. The molecule has 1 heterocycles. The highest BCUT2D eigenvalue weighted by Gasteiger charge is 2.20. The third-order valence-corrected chi connectivity index (χ3v) is 3.21. The Hall–Kier alpha value is -1.89. The second-order valence-corrected chi connectivity index (χ2v) is 4.72. The molecule has 0 saturated carbocycles. The minimum atomic E-state index is -0.404. The molecule has 0 aliphatic heterocycles. The van der Waals surface area contributed by atoms with E-state index in [1.807, 2.05) is 38.4 Å². The maximum Gasteiger partial charge on any atom is 0.301 e. The number of carbonyl (C=O) groups excluding carboxylic acids is 1. The Labute approximate surface area is 117 Å². The summed E-state index contributed by atoms with van der Waals surface area (Å²) >= 11 is 0. The number of fused-ring (bicyclic) bond motifs is 1. The van der Waals surface area contributed by atoms with Gasteiger partial charge in [0.2, 0.25) is 0 Å². The lowest BCUT2D eigenvalue weighted by molar-refractivity contribution is 0.0925. The van der Waals surface area contributed by atoms with Crippen LogP contribution in [0.5, 0.6) is 0 Å². The highest BCUT2D eigenvalue weighted by Crippen LogP contribution is 2.26. The zero-order chi connectivity index (χ0) is 14.5. The zero-order valence-corrected chi connectivity index (χ0v) is 11.8. The van der Waals surface area contributed by atoms with Crippen LogP contribution in [0.3, 0.4) is 0 Å². The van der Waals surface area contributed by atoms with Crippen LogP contribution in [0, 0.1) is 0 Å². The van der Waals surface area contributed by atoms with Crippen molar-refractivity contribution in [1.82, 2.24) is 15.6 Å². The number of benzene rings is 1. The fraction of sp³-hybridized carbons (Fsp3) is 0.357. The third kappa shape index (κ3) is 2.98. The van der Waals surface area contributed by atoms with Gasteiger partial charge in [-0.05, 0) is 20.2 Å². The van der Waals surface area contributed by atoms with Gasteiger partial charge in [0.1, 0.15) is 5.58 Å². The van der Waals surface area contributed by atoms with E-state index in [9.17, 15) is 4.79 Å². The molecule has 0 saturated heterocycles. The lowest BCUT2D eigenvalue weighted by Gasteiger charge is -2.16. The van der Waals surface area contributed by atoms with E-state index in [0.717, 1.165) is 24.0 Å². The molecule has 2 rings (SSSR count). The van der Waals surface area contributed by atoms with Crippen LogP contribution in [0.15, 0.2) is 28.7 Å². The molecular formula is C14H20N4O2. The molecule has 20 heavy (non-hydrogen) atoms. The summed E-state index contributed by atoms with van der Waals surface area (Å²) in [5, 5.41) is 4.05. The Morgan fingerprint density at radius 2 is 2.15 bits per heavy atom. The Kier molecular flexibility index (Phi) is 4.73. The van der Waals surface area contributed by atoms with Crippen LogP contribution in [-0.2, 0) is 6.54 Å². The zero-order valence-electron chi connectivity index (χ0n) is 11.8. The Bertz CT molecular complexity index is 594. The molecule has 0 atom stereocenters. The van der Waals surface area contributed by atoms with Crippen LogP contribution in [-0.4, -0.2) is 38.0 Å². The standard InChI is InChI=1S/C14H20N4O2/c1-16-7-8-18(2)9-11-10-5-3-4-6-12(10)20-13(11)14(19)17-15/h3-6,16H,7-9,15H2,1-2H3,(H,17,19). The molecule has 0 radical (unpaired) electrons. The lowest BCUT2D eigenvalue weighted by atomic mass is 10.1. The number of amides is 1. The maximum atomic E-state index is 11.8. The number of nitrogen functional groups attached to an aromatic ring is 1. The van der Waals surface area contributed by atoms with Crippen LogP contribution in [0.25, 0.3) is 11.0 Å². The number of hydrogen-bond acceptors (Lipinski definition) is 5. The molecule has 0 aliphatic carbocycles. The Morgan fingerprint density at radius 3 is 2.85 bits per heavy atom. The van der Waals surface area contributed by atoms with E-state index in [2.05, 4.69) is 15.6 Å². The Balaban J connectivity index is 2.35. The fourth-order valence-electron chi connectivity index (χ4n) is 2.16. The van der Waals surface area contributed by atoms with Crippen molar-refractivity contribution < 1.29 is 9.21 Å². The van der Waals surface area contributed by atoms with Crippen LogP contribution in [0.2, 0.25) is 0 Å². The quantitative estimate of drug-likeness (QED) is 0.411. The van der Waals surface area contributed by atoms with Gasteiger partial charge in [0.05, 0.1) is 0 Å². The number of hydrazine groups is 1. The monoisotopic (exact) mass is 276 g/mol. The second kappa shape index (κ2) is 6.51. The van der Waals surface area contributed by atoms with E-state index in [1.54, 1.807) is 0 Å². The highest BCUT2D eigenvalue weighted by molar-refractivity contribution is 5.98. The molecule has 0 bridgehead atoms. The summed E-state index contributed by atoms with van der Waals surface area (Å²) in [5.41, 5.74) is 3.70. The van der Waals surface area contributed by atoms with Crippen molar-refractivity contribution >= 4 is 16.9 Å². The molecule has 6 heteroatoms. The van der Waals surface area contributed by atoms with Crippen LogP contribution in [0.1, 0.15) is 16.1 Å². The highest BCUT2D eigenvalue weighted by atomic mass is 16.3. The normalized spacial score (nSPS) is 11.2. The van der Waals surface area contributed by atoms with Crippen molar-refractivity contribution in [2.75, 3.05) is 27.2 Å². The largest absolute Gasteiger partial charge is 0.451 e. The summed E-state index contributed by atoms with van der Waals surface area (Å²) in [6, 6.07) is 7.61. The lowest BCUT2D eigenvalue weighted by Crippen LogP contribution is -2.32. The molecule has 4 N–H and O–H groups in total. The van der Waals surface area contributed by atoms with Gasteiger partial charge in [0, 0.05) is 30.6 Å². The van der Waals surface area contributed by atoms with Gasteiger partial charge in [-0.3, -0.25) is 10.2 Å². The first-order chi connectivity index (χ1) is 9.67. The number of rotatable bonds is 6. The van der Waals surface area contributed by atoms with Crippen molar-refractivity contribution in [3.8, 4) is 0 Å². The van der Waals surface area contributed by atoms with Gasteiger partial charge in [0.25, 0.3) is 0 Å². The molecule has 0 fully saturated rings. The summed E-state index contributed by atoms with van der Waals surface area (Å²) in [7, 11) is 3.91. The predicted octanol–water partition coefficient (Wildman–Crippen LogP) is 0.688. The van der Waals surface area contributed by atoms with Gasteiger partial charge < -0.3 is 14.6 Å². The molecule has 2 aromatic rings. The van der Waals surface area contributed by atoms with E-state index < -0.39 is 5.91 Å². The fourth-order valence-corrected chi connectivity index (χ4v) is 2.16. The molecule has 1 aromatic carbocycles. The molecule has 0 aliphatic rings. The first-order valence-electron chi connectivity index (χ1n) is 6.52. The van der Waals surface area contributed by atoms with Crippen molar-refractivity contribution in [3.63, 3.8) is 0 Å². The minimum Gasteiger partial charge on any atom is -0.451 e. The van der Waals surface area contributed by atoms with Gasteiger partial charge >= 0.3 is 5.91 Å². The number of furan rings is 1. The first-order valence-corrected chi connectivity index (χ1v) is 6.52. The summed E-state index contributed by atoms with van der Waals surface area (Å²) in [6.45, 7) is 2.38. The molecule has 0 spiro atoms. The average molecular weight is 276 g/mol. The number of likely N-dealkylation sites (N-methyl/N-ethyl adjacent to an activating group) is 2. The van der Waals surface area contributed by atoms with Crippen LogP contribution < -0.4 is 16.6 Å². The van der Waals surface area contributed by atoms with Crippen molar-refractivity contribution in [2.45, 2.75) is 6.54 Å². The smallest absolute Gasteiger partial charge is 0.301 e. The first kappa shape index (κ1) is 14.5. The predicted molar refractivity (Wildman–Crippen MR) is 78.1 cm³/mol. The van der Waals surface area contributed by atoms with Gasteiger partial charge in [-0.1, -0.05) is 18.2 Å². The third-order valence-electron chi connectivity index (χ3n) is 3.21. The summed E-state index contributed by atoms with van der Waals surface area (Å²) in [6.07, 6.45) is 0. The van der Waals surface area contributed by atoms with Crippen LogP contribution >= 0.6 is 0 Å². The van der Waals surface area contributed by atoms with Gasteiger partial charge in [-0.15, -0.1) is 0 Å². The number of nitrogens with zero attached hydrogens (tertiary/aromatic N) is 1. The van der Waals surface area contributed by atoms with E-state index >= 15 is 0 Å². The molecule has 1 aromatic heterocycles. The van der Waals surface area contributed by atoms with Gasteiger partial charge in [-0.2, -0.15) is 0 Å². The number of carbonyl (C=O) groups is 1. The maximum absolute atomic E-state index is 11.8. The van der Waals surface area contributed by atoms with Crippen molar-refractivity contribution in [1.29, 1.82) is 0 Å². The second-order valence-electron chi connectivity index (χ2n) is 4.72. The number of nitrogens with one attached hydrogen (secondary N) is 2. The van der Waals surface area contributed by atoms with E-state index in [0.29, 0.717) is 12.1 Å². The van der Waals surface area contributed by atoms with E-state index in [1.165, 1.54) is 0 Å². The molecular weight excluding hydrogens is 256 g/mol. The summed E-state index contributed by atoms with van der Waals surface area (Å²) < 4.78 is 5.62. The minimum absolute atomic E-state index is 0.282. The summed E-state index contributed by atoms with van der Waals surface area (Å²) in [5.74, 6) is 5.10.